The molecule has 0 aromatic heterocycles. The molecule has 2 aliphatic rings. The van der Waals surface area contributed by atoms with Gasteiger partial charge in [0.25, 0.3) is 0 Å². The van der Waals surface area contributed by atoms with E-state index in [1.54, 1.807) is 0 Å². The Kier molecular flexibility index (Phi) is 5.88. The maximum absolute atomic E-state index is 12.0. The van der Waals surface area contributed by atoms with Crippen molar-refractivity contribution in [3.05, 3.63) is 0 Å². The lowest BCUT2D eigenvalue weighted by atomic mass is 9.84. The second kappa shape index (κ2) is 6.95. The fourth-order valence-electron chi connectivity index (χ4n) is 2.77. The van der Waals surface area contributed by atoms with Crippen LogP contribution in [0.3, 0.4) is 0 Å². The van der Waals surface area contributed by atoms with Gasteiger partial charge in [-0.3, -0.25) is 9.59 Å². The van der Waals surface area contributed by atoms with Crippen LogP contribution in [0.2, 0.25) is 0 Å². The van der Waals surface area contributed by atoms with Crippen LogP contribution < -0.4 is 16.4 Å². The first-order valence-electron chi connectivity index (χ1n) is 6.50. The zero-order chi connectivity index (χ0) is 12.3. The molecule has 104 valence electrons. The number of amides is 2. The molecule has 1 aliphatic heterocycles. The Bertz CT molecular complexity index is 312. The molecule has 4 N–H and O–H groups in total. The summed E-state index contributed by atoms with van der Waals surface area (Å²) in [5.41, 5.74) is 5.72. The maximum Gasteiger partial charge on any atom is 0.242 e. The van der Waals surface area contributed by atoms with Crippen LogP contribution >= 0.6 is 12.4 Å². The van der Waals surface area contributed by atoms with Gasteiger partial charge in [0, 0.05) is 12.5 Å². The van der Waals surface area contributed by atoms with Crippen molar-refractivity contribution in [1.82, 2.24) is 10.6 Å². The highest BCUT2D eigenvalue weighted by Gasteiger charge is 2.31. The highest BCUT2D eigenvalue weighted by Crippen LogP contribution is 2.23. The van der Waals surface area contributed by atoms with Crippen molar-refractivity contribution in [3.8, 4) is 0 Å². The van der Waals surface area contributed by atoms with Crippen molar-refractivity contribution in [3.63, 3.8) is 0 Å². The van der Waals surface area contributed by atoms with Gasteiger partial charge in [-0.2, -0.15) is 0 Å². The van der Waals surface area contributed by atoms with Crippen molar-refractivity contribution < 1.29 is 9.59 Å². The molecular formula is C12H22ClN3O2. The first kappa shape index (κ1) is 15.2. The summed E-state index contributed by atoms with van der Waals surface area (Å²) in [5, 5.41) is 5.74. The van der Waals surface area contributed by atoms with Gasteiger partial charge >= 0.3 is 0 Å². The standard InChI is InChI=1S/C12H21N3O2.ClH/c13-7-8-3-1-2-4-9(8)15-12(17)10-5-6-11(16)14-10;/h8-10H,1-7,13H2,(H,14,16)(H,15,17);1H/t8?,9?,10-;/m0./s1. The quantitative estimate of drug-likeness (QED) is 0.694. The predicted molar refractivity (Wildman–Crippen MR) is 71.4 cm³/mol. The van der Waals surface area contributed by atoms with Crippen LogP contribution in [0.25, 0.3) is 0 Å². The second-order valence-electron chi connectivity index (χ2n) is 5.05. The topological polar surface area (TPSA) is 84.2 Å². The number of halogens is 1. The monoisotopic (exact) mass is 275 g/mol. The fraction of sp³-hybridized carbons (Fsp3) is 0.833. The smallest absolute Gasteiger partial charge is 0.242 e. The summed E-state index contributed by atoms with van der Waals surface area (Å²) >= 11 is 0. The molecule has 1 saturated heterocycles. The van der Waals surface area contributed by atoms with Crippen molar-refractivity contribution >= 4 is 24.2 Å². The summed E-state index contributed by atoms with van der Waals surface area (Å²) in [6.07, 6.45) is 5.54. The molecule has 18 heavy (non-hydrogen) atoms. The van der Waals surface area contributed by atoms with E-state index >= 15 is 0 Å². The number of nitrogens with two attached hydrogens (primary N) is 1. The van der Waals surface area contributed by atoms with E-state index < -0.39 is 0 Å². The minimum Gasteiger partial charge on any atom is -0.351 e. The molecule has 0 aromatic rings. The van der Waals surface area contributed by atoms with E-state index in [4.69, 9.17) is 5.73 Å². The first-order valence-corrected chi connectivity index (χ1v) is 6.50. The molecule has 0 radical (unpaired) electrons. The van der Waals surface area contributed by atoms with E-state index in [1.807, 2.05) is 0 Å². The molecular weight excluding hydrogens is 254 g/mol. The summed E-state index contributed by atoms with van der Waals surface area (Å²) in [6.45, 7) is 0.627. The van der Waals surface area contributed by atoms with Gasteiger partial charge in [0.15, 0.2) is 0 Å². The molecule has 6 heteroatoms. The van der Waals surface area contributed by atoms with Crippen LogP contribution in [0, 0.1) is 5.92 Å². The lowest BCUT2D eigenvalue weighted by Crippen LogP contribution is -2.50. The number of carbonyl (C=O) groups excluding carboxylic acids is 2. The molecule has 2 amide bonds. The third kappa shape index (κ3) is 3.59. The van der Waals surface area contributed by atoms with Crippen LogP contribution in [-0.2, 0) is 9.59 Å². The van der Waals surface area contributed by atoms with Gasteiger partial charge < -0.3 is 16.4 Å². The third-order valence-electron chi connectivity index (χ3n) is 3.85. The van der Waals surface area contributed by atoms with Crippen molar-refractivity contribution in [2.24, 2.45) is 11.7 Å². The van der Waals surface area contributed by atoms with Gasteiger partial charge in [-0.15, -0.1) is 12.4 Å². The molecule has 0 bridgehead atoms. The number of nitrogens with one attached hydrogen (secondary N) is 2. The van der Waals surface area contributed by atoms with Crippen molar-refractivity contribution in [2.45, 2.75) is 50.6 Å². The average molecular weight is 276 g/mol. The zero-order valence-electron chi connectivity index (χ0n) is 10.5. The summed E-state index contributed by atoms with van der Waals surface area (Å²) in [6, 6.07) is -0.137. The van der Waals surface area contributed by atoms with Crippen LogP contribution in [0.1, 0.15) is 38.5 Å². The molecule has 0 spiro atoms. The first-order chi connectivity index (χ1) is 8.20. The largest absolute Gasteiger partial charge is 0.351 e. The lowest BCUT2D eigenvalue weighted by molar-refractivity contribution is -0.126. The minimum absolute atomic E-state index is 0. The van der Waals surface area contributed by atoms with Gasteiger partial charge in [-0.05, 0) is 31.7 Å². The lowest BCUT2D eigenvalue weighted by Gasteiger charge is -2.32. The van der Waals surface area contributed by atoms with Gasteiger partial charge in [0.1, 0.15) is 6.04 Å². The van der Waals surface area contributed by atoms with Gasteiger partial charge in [0.2, 0.25) is 11.8 Å². The highest BCUT2D eigenvalue weighted by molar-refractivity contribution is 5.90. The van der Waals surface area contributed by atoms with Crippen molar-refractivity contribution in [2.75, 3.05) is 6.54 Å². The van der Waals surface area contributed by atoms with E-state index in [0.29, 0.717) is 25.3 Å². The molecule has 1 saturated carbocycles. The predicted octanol–water partition coefficient (Wildman–Crippen LogP) is 0.320. The van der Waals surface area contributed by atoms with Gasteiger partial charge in [-0.25, -0.2) is 0 Å². The van der Waals surface area contributed by atoms with Crippen molar-refractivity contribution in [1.29, 1.82) is 0 Å². The molecule has 2 fully saturated rings. The van der Waals surface area contributed by atoms with Gasteiger partial charge in [-0.1, -0.05) is 12.8 Å². The van der Waals surface area contributed by atoms with E-state index in [-0.39, 0.29) is 36.3 Å². The molecule has 3 atom stereocenters. The van der Waals surface area contributed by atoms with Crippen LogP contribution in [0.4, 0.5) is 0 Å². The summed E-state index contributed by atoms with van der Waals surface area (Å²) in [5.74, 6) is 0.329. The van der Waals surface area contributed by atoms with E-state index in [1.165, 1.54) is 6.42 Å². The second-order valence-corrected chi connectivity index (χ2v) is 5.05. The van der Waals surface area contributed by atoms with Crippen LogP contribution in [0.15, 0.2) is 0 Å². The zero-order valence-corrected chi connectivity index (χ0v) is 11.3. The minimum atomic E-state index is -0.331. The Labute approximate surface area is 114 Å². The van der Waals surface area contributed by atoms with E-state index in [0.717, 1.165) is 19.3 Å². The Hall–Kier alpha value is -0.810. The van der Waals surface area contributed by atoms with Crippen LogP contribution in [-0.4, -0.2) is 30.4 Å². The summed E-state index contributed by atoms with van der Waals surface area (Å²) in [7, 11) is 0. The Morgan fingerprint density at radius 3 is 2.67 bits per heavy atom. The Balaban J connectivity index is 0.00000162. The summed E-state index contributed by atoms with van der Waals surface area (Å²) < 4.78 is 0. The van der Waals surface area contributed by atoms with E-state index in [2.05, 4.69) is 10.6 Å². The molecule has 5 nitrogen and oxygen atoms in total. The van der Waals surface area contributed by atoms with E-state index in [9.17, 15) is 9.59 Å². The van der Waals surface area contributed by atoms with Gasteiger partial charge in [0.05, 0.1) is 0 Å². The Morgan fingerprint density at radius 2 is 2.06 bits per heavy atom. The molecule has 1 heterocycles. The highest BCUT2D eigenvalue weighted by atomic mass is 35.5. The molecule has 2 rings (SSSR count). The Morgan fingerprint density at radius 1 is 1.33 bits per heavy atom. The molecule has 2 unspecified atom stereocenters. The molecule has 0 aromatic carbocycles. The normalized spacial score (nSPS) is 31.4. The maximum atomic E-state index is 12.0. The number of hydrogen-bond acceptors (Lipinski definition) is 3. The average Bonchev–Trinajstić information content (AvgIpc) is 2.77. The third-order valence-corrected chi connectivity index (χ3v) is 3.85. The fourth-order valence-corrected chi connectivity index (χ4v) is 2.77. The number of carbonyl (C=O) groups is 2. The SMILES string of the molecule is Cl.NCC1CCCCC1NC(=O)[C@@H]1CCC(=O)N1. The number of rotatable bonds is 3. The van der Waals surface area contributed by atoms with Crippen LogP contribution in [0.5, 0.6) is 0 Å². The molecule has 1 aliphatic carbocycles. The number of hydrogen-bond donors (Lipinski definition) is 3. The summed E-state index contributed by atoms with van der Waals surface area (Å²) in [4.78, 5) is 23.0.